The molecular formula is C7H9F3O. The van der Waals surface area contributed by atoms with Crippen LogP contribution in [0.1, 0.15) is 19.3 Å². The Balaban J connectivity index is 2.53. The largest absolute Gasteiger partial charge is 0.392 e. The molecule has 1 N–H and O–H groups in total. The fourth-order valence-corrected chi connectivity index (χ4v) is 0.951. The monoisotopic (exact) mass is 166 g/mol. The number of allylic oxidation sites excluding steroid dienone is 1. The first-order chi connectivity index (χ1) is 5.03. The van der Waals surface area contributed by atoms with E-state index in [2.05, 4.69) is 0 Å². The van der Waals surface area contributed by atoms with E-state index >= 15 is 0 Å². The van der Waals surface area contributed by atoms with Crippen molar-refractivity contribution in [2.24, 2.45) is 0 Å². The van der Waals surface area contributed by atoms with Crippen molar-refractivity contribution >= 4 is 0 Å². The second kappa shape index (κ2) is 2.85. The lowest BCUT2D eigenvalue weighted by Gasteiger charge is -2.07. The third-order valence-corrected chi connectivity index (χ3v) is 1.60. The fourth-order valence-electron chi connectivity index (χ4n) is 0.951. The van der Waals surface area contributed by atoms with Gasteiger partial charge in [-0.05, 0) is 18.4 Å². The first kappa shape index (κ1) is 8.59. The first-order valence-corrected chi connectivity index (χ1v) is 3.40. The minimum atomic E-state index is -4.17. The summed E-state index contributed by atoms with van der Waals surface area (Å²) < 4.78 is 35.2. The topological polar surface area (TPSA) is 20.2 Å². The zero-order chi connectivity index (χ0) is 8.48. The van der Waals surface area contributed by atoms with E-state index in [9.17, 15) is 13.2 Å². The average molecular weight is 166 g/mol. The van der Waals surface area contributed by atoms with Gasteiger partial charge in [-0.3, -0.25) is 0 Å². The summed E-state index contributed by atoms with van der Waals surface area (Å²) in [5.41, 5.74) is 0.947. The van der Waals surface area contributed by atoms with Crippen LogP contribution in [0.15, 0.2) is 11.1 Å². The van der Waals surface area contributed by atoms with Crippen molar-refractivity contribution in [3.05, 3.63) is 11.1 Å². The van der Waals surface area contributed by atoms with Crippen LogP contribution in [-0.2, 0) is 0 Å². The Morgan fingerprint density at radius 3 is 2.18 bits per heavy atom. The molecule has 0 aromatic rings. The lowest BCUT2D eigenvalue weighted by Crippen LogP contribution is -2.10. The van der Waals surface area contributed by atoms with E-state index in [1.54, 1.807) is 0 Å². The highest BCUT2D eigenvalue weighted by Crippen LogP contribution is 2.36. The fraction of sp³-hybridized carbons (Fsp3) is 0.714. The Labute approximate surface area is 62.5 Å². The minimum absolute atomic E-state index is 0.164. The summed E-state index contributed by atoms with van der Waals surface area (Å²) in [6, 6.07) is 0. The number of alkyl halides is 3. The SMILES string of the molecule is OCC(CC(F)(F)F)=C1CC1. The molecule has 1 aliphatic carbocycles. The number of rotatable bonds is 2. The van der Waals surface area contributed by atoms with E-state index < -0.39 is 19.2 Å². The summed E-state index contributed by atoms with van der Waals surface area (Å²) >= 11 is 0. The molecule has 0 aromatic heterocycles. The molecule has 0 spiro atoms. The lowest BCUT2D eigenvalue weighted by molar-refractivity contribution is -0.128. The molecule has 1 nitrogen and oxygen atoms in total. The minimum Gasteiger partial charge on any atom is -0.392 e. The van der Waals surface area contributed by atoms with Gasteiger partial charge >= 0.3 is 6.18 Å². The van der Waals surface area contributed by atoms with Crippen molar-refractivity contribution in [1.29, 1.82) is 0 Å². The van der Waals surface area contributed by atoms with Gasteiger partial charge in [-0.2, -0.15) is 13.2 Å². The van der Waals surface area contributed by atoms with Crippen molar-refractivity contribution in [1.82, 2.24) is 0 Å². The molecule has 4 heteroatoms. The first-order valence-electron chi connectivity index (χ1n) is 3.40. The smallest absolute Gasteiger partial charge is 0.392 e. The average Bonchev–Trinajstić information content (AvgIpc) is 2.61. The second-order valence-electron chi connectivity index (χ2n) is 2.66. The van der Waals surface area contributed by atoms with E-state index in [-0.39, 0.29) is 5.57 Å². The van der Waals surface area contributed by atoms with Crippen LogP contribution in [0.4, 0.5) is 13.2 Å². The molecule has 0 amide bonds. The molecule has 0 bridgehead atoms. The summed E-state index contributed by atoms with van der Waals surface area (Å²) in [7, 11) is 0. The second-order valence-corrected chi connectivity index (χ2v) is 2.66. The standard InChI is InChI=1S/C7H9F3O/c8-7(9,10)3-6(4-11)5-1-2-5/h11H,1-4H2. The summed E-state index contributed by atoms with van der Waals surface area (Å²) in [5, 5.41) is 8.54. The number of halogens is 3. The molecular weight excluding hydrogens is 157 g/mol. The summed E-state index contributed by atoms with van der Waals surface area (Å²) in [6.07, 6.45) is -3.66. The van der Waals surface area contributed by atoms with E-state index in [1.807, 2.05) is 0 Å². The Morgan fingerprint density at radius 1 is 1.36 bits per heavy atom. The van der Waals surface area contributed by atoms with Gasteiger partial charge in [-0.15, -0.1) is 0 Å². The van der Waals surface area contributed by atoms with Gasteiger partial charge in [-0.1, -0.05) is 5.57 Å². The molecule has 0 aliphatic heterocycles. The van der Waals surface area contributed by atoms with E-state index in [0.29, 0.717) is 0 Å². The predicted molar refractivity (Wildman–Crippen MR) is 34.0 cm³/mol. The van der Waals surface area contributed by atoms with Crippen LogP contribution in [0.5, 0.6) is 0 Å². The quantitative estimate of drug-likeness (QED) is 0.622. The van der Waals surface area contributed by atoms with Crippen molar-refractivity contribution in [3.8, 4) is 0 Å². The molecule has 1 rings (SSSR count). The maximum atomic E-state index is 11.7. The third-order valence-electron chi connectivity index (χ3n) is 1.60. The maximum Gasteiger partial charge on any atom is 0.392 e. The molecule has 0 radical (unpaired) electrons. The van der Waals surface area contributed by atoms with Crippen LogP contribution in [0.3, 0.4) is 0 Å². The van der Waals surface area contributed by atoms with Gasteiger partial charge in [0.1, 0.15) is 0 Å². The number of hydrogen-bond acceptors (Lipinski definition) is 1. The van der Waals surface area contributed by atoms with Gasteiger partial charge in [0.2, 0.25) is 0 Å². The number of aliphatic hydroxyl groups excluding tert-OH is 1. The highest BCUT2D eigenvalue weighted by molar-refractivity contribution is 5.25. The summed E-state index contributed by atoms with van der Waals surface area (Å²) in [4.78, 5) is 0. The van der Waals surface area contributed by atoms with Gasteiger partial charge in [0.05, 0.1) is 13.0 Å². The van der Waals surface area contributed by atoms with E-state index in [4.69, 9.17) is 5.11 Å². The molecule has 0 unspecified atom stereocenters. The number of aliphatic hydroxyl groups is 1. The molecule has 0 saturated heterocycles. The number of hydrogen-bond donors (Lipinski definition) is 1. The van der Waals surface area contributed by atoms with Crippen molar-refractivity contribution in [3.63, 3.8) is 0 Å². The van der Waals surface area contributed by atoms with Crippen LogP contribution in [-0.4, -0.2) is 17.9 Å². The van der Waals surface area contributed by atoms with Gasteiger partial charge in [0, 0.05) is 0 Å². The molecule has 11 heavy (non-hydrogen) atoms. The van der Waals surface area contributed by atoms with Crippen LogP contribution in [0, 0.1) is 0 Å². The van der Waals surface area contributed by atoms with Crippen LogP contribution >= 0.6 is 0 Å². The Bertz CT molecular complexity index is 175. The van der Waals surface area contributed by atoms with Gasteiger partial charge < -0.3 is 5.11 Å². The van der Waals surface area contributed by atoms with Gasteiger partial charge in [-0.25, -0.2) is 0 Å². The molecule has 64 valence electrons. The predicted octanol–water partition coefficient (Wildman–Crippen LogP) is 2.02. The lowest BCUT2D eigenvalue weighted by atomic mass is 10.2. The molecule has 0 heterocycles. The highest BCUT2D eigenvalue weighted by atomic mass is 19.4. The zero-order valence-corrected chi connectivity index (χ0v) is 5.91. The van der Waals surface area contributed by atoms with E-state index in [1.165, 1.54) is 0 Å². The Kier molecular flexibility index (Phi) is 2.23. The van der Waals surface area contributed by atoms with Gasteiger partial charge in [0.25, 0.3) is 0 Å². The Morgan fingerprint density at radius 2 is 1.91 bits per heavy atom. The molecule has 0 aromatic carbocycles. The third kappa shape index (κ3) is 2.93. The molecule has 1 aliphatic rings. The highest BCUT2D eigenvalue weighted by Gasteiger charge is 2.31. The maximum absolute atomic E-state index is 11.7. The summed E-state index contributed by atoms with van der Waals surface area (Å²) in [6.45, 7) is -0.450. The van der Waals surface area contributed by atoms with E-state index in [0.717, 1.165) is 18.4 Å². The molecule has 1 fully saturated rings. The normalized spacial score (nSPS) is 16.9. The van der Waals surface area contributed by atoms with Crippen molar-refractivity contribution < 1.29 is 18.3 Å². The summed E-state index contributed by atoms with van der Waals surface area (Å²) in [5.74, 6) is 0. The van der Waals surface area contributed by atoms with Crippen LogP contribution in [0.25, 0.3) is 0 Å². The van der Waals surface area contributed by atoms with Crippen LogP contribution in [0.2, 0.25) is 0 Å². The zero-order valence-electron chi connectivity index (χ0n) is 5.91. The van der Waals surface area contributed by atoms with Crippen molar-refractivity contribution in [2.45, 2.75) is 25.4 Å². The van der Waals surface area contributed by atoms with Crippen LogP contribution < -0.4 is 0 Å². The van der Waals surface area contributed by atoms with Crippen molar-refractivity contribution in [2.75, 3.05) is 6.61 Å². The van der Waals surface area contributed by atoms with Gasteiger partial charge in [0.15, 0.2) is 0 Å². The Hall–Kier alpha value is -0.510. The molecule has 1 saturated carbocycles. The molecule has 0 atom stereocenters.